The van der Waals surface area contributed by atoms with Gasteiger partial charge in [0.25, 0.3) is 0 Å². The molecule has 0 spiro atoms. The first-order valence-corrected chi connectivity index (χ1v) is 9.28. The van der Waals surface area contributed by atoms with Gasteiger partial charge in [0.15, 0.2) is 5.82 Å². The molecule has 2 N–H and O–H groups in total. The fourth-order valence-corrected chi connectivity index (χ4v) is 2.80. The van der Waals surface area contributed by atoms with Gasteiger partial charge in [-0.1, -0.05) is 18.2 Å². The third-order valence-electron chi connectivity index (χ3n) is 4.40. The molecule has 29 heavy (non-hydrogen) atoms. The van der Waals surface area contributed by atoms with E-state index < -0.39 is 0 Å². The Bertz CT molecular complexity index is 995. The number of rotatable bonds is 8. The summed E-state index contributed by atoms with van der Waals surface area (Å²) in [5.41, 5.74) is 1.47. The van der Waals surface area contributed by atoms with Crippen molar-refractivity contribution in [1.82, 2.24) is 30.0 Å². The Hall–Kier alpha value is -3.62. The summed E-state index contributed by atoms with van der Waals surface area (Å²) in [7, 11) is 3.27. The number of hydrogen-bond acceptors (Lipinski definition) is 5. The summed E-state index contributed by atoms with van der Waals surface area (Å²) >= 11 is 0. The molecule has 0 aliphatic heterocycles. The van der Waals surface area contributed by atoms with Crippen LogP contribution in [-0.2, 0) is 20.0 Å². The maximum absolute atomic E-state index is 12.3. The number of nitrogens with one attached hydrogen (secondary N) is 2. The summed E-state index contributed by atoms with van der Waals surface area (Å²) in [4.78, 5) is 28.5. The van der Waals surface area contributed by atoms with Crippen molar-refractivity contribution in [2.24, 2.45) is 7.05 Å². The van der Waals surface area contributed by atoms with Crippen molar-refractivity contribution >= 4 is 6.03 Å². The summed E-state index contributed by atoms with van der Waals surface area (Å²) in [6.45, 7) is 1.06. The first-order chi connectivity index (χ1) is 14.1. The maximum atomic E-state index is 12.3. The Morgan fingerprint density at radius 2 is 1.86 bits per heavy atom. The second-order valence-electron chi connectivity index (χ2n) is 6.38. The SMILES string of the molecule is COc1ccc(CCNC(=O)NCCn2nc(-c3ccccn3)n(C)c2=O)cc1. The van der Waals surface area contributed by atoms with E-state index in [9.17, 15) is 9.59 Å². The van der Waals surface area contributed by atoms with E-state index in [1.165, 1.54) is 9.25 Å². The highest BCUT2D eigenvalue weighted by Gasteiger charge is 2.12. The van der Waals surface area contributed by atoms with Crippen LogP contribution < -0.4 is 21.1 Å². The fraction of sp³-hybridized carbons (Fsp3) is 0.300. The van der Waals surface area contributed by atoms with Crippen LogP contribution in [-0.4, -0.2) is 45.6 Å². The van der Waals surface area contributed by atoms with Crippen molar-refractivity contribution < 1.29 is 9.53 Å². The second-order valence-corrected chi connectivity index (χ2v) is 6.38. The normalized spacial score (nSPS) is 10.6. The third kappa shape index (κ3) is 5.22. The molecule has 0 fully saturated rings. The van der Waals surface area contributed by atoms with Gasteiger partial charge in [-0.15, -0.1) is 5.10 Å². The van der Waals surface area contributed by atoms with Crippen molar-refractivity contribution in [2.75, 3.05) is 20.2 Å². The number of benzene rings is 1. The number of carbonyl (C=O) groups is 1. The predicted octanol–water partition coefficient (Wildman–Crippen LogP) is 1.19. The van der Waals surface area contributed by atoms with Crippen LogP contribution in [0.3, 0.4) is 0 Å². The molecular formula is C20H24N6O3. The summed E-state index contributed by atoms with van der Waals surface area (Å²) in [5.74, 6) is 1.29. The number of nitrogens with zero attached hydrogens (tertiary/aromatic N) is 4. The highest BCUT2D eigenvalue weighted by atomic mass is 16.5. The van der Waals surface area contributed by atoms with Gasteiger partial charge in [-0.2, -0.15) is 0 Å². The fourth-order valence-electron chi connectivity index (χ4n) is 2.80. The first-order valence-electron chi connectivity index (χ1n) is 9.28. The van der Waals surface area contributed by atoms with E-state index in [2.05, 4.69) is 20.7 Å². The van der Waals surface area contributed by atoms with Crippen molar-refractivity contribution in [3.05, 3.63) is 64.7 Å². The standard InChI is InChI=1S/C20H24N6O3/c1-25-18(17-5-3-4-11-21-17)24-26(20(25)28)14-13-23-19(27)22-12-10-15-6-8-16(29-2)9-7-15/h3-9,11H,10,12-14H2,1-2H3,(H2,22,23,27). The van der Waals surface area contributed by atoms with Crippen LogP contribution in [0.25, 0.3) is 11.5 Å². The van der Waals surface area contributed by atoms with Gasteiger partial charge >= 0.3 is 11.7 Å². The highest BCUT2D eigenvalue weighted by molar-refractivity contribution is 5.73. The minimum Gasteiger partial charge on any atom is -0.497 e. The van der Waals surface area contributed by atoms with Crippen molar-refractivity contribution in [2.45, 2.75) is 13.0 Å². The molecule has 0 aliphatic rings. The molecule has 0 bridgehead atoms. The van der Waals surface area contributed by atoms with Gasteiger partial charge in [0.2, 0.25) is 0 Å². The number of carbonyl (C=O) groups excluding carboxylic acids is 1. The van der Waals surface area contributed by atoms with E-state index in [0.29, 0.717) is 24.5 Å². The van der Waals surface area contributed by atoms with Gasteiger partial charge in [-0.05, 0) is 36.2 Å². The van der Waals surface area contributed by atoms with Crippen LogP contribution in [0.5, 0.6) is 5.75 Å². The number of amides is 2. The van der Waals surface area contributed by atoms with Gasteiger partial charge in [0.05, 0.1) is 13.7 Å². The quantitative estimate of drug-likeness (QED) is 0.595. The number of aromatic nitrogens is 4. The smallest absolute Gasteiger partial charge is 0.346 e. The van der Waals surface area contributed by atoms with Crippen LogP contribution in [0.4, 0.5) is 4.79 Å². The van der Waals surface area contributed by atoms with E-state index in [4.69, 9.17) is 4.74 Å². The van der Waals surface area contributed by atoms with E-state index in [1.54, 1.807) is 32.5 Å². The monoisotopic (exact) mass is 396 g/mol. The van der Waals surface area contributed by atoms with E-state index in [-0.39, 0.29) is 24.8 Å². The van der Waals surface area contributed by atoms with Gasteiger partial charge in [0, 0.05) is 26.3 Å². The van der Waals surface area contributed by atoms with E-state index in [0.717, 1.165) is 11.3 Å². The Kier molecular flexibility index (Phi) is 6.62. The third-order valence-corrected chi connectivity index (χ3v) is 4.40. The Morgan fingerprint density at radius 1 is 1.10 bits per heavy atom. The molecule has 2 aromatic heterocycles. The van der Waals surface area contributed by atoms with Crippen LogP contribution in [0.15, 0.2) is 53.5 Å². The van der Waals surface area contributed by atoms with E-state index >= 15 is 0 Å². The average molecular weight is 396 g/mol. The van der Waals surface area contributed by atoms with E-state index in [1.807, 2.05) is 30.3 Å². The number of pyridine rings is 1. The molecular weight excluding hydrogens is 372 g/mol. The Morgan fingerprint density at radius 3 is 2.55 bits per heavy atom. The molecule has 0 aliphatic carbocycles. The number of methoxy groups -OCH3 is 1. The van der Waals surface area contributed by atoms with Crippen molar-refractivity contribution in [3.8, 4) is 17.3 Å². The van der Waals surface area contributed by atoms with Crippen LogP contribution >= 0.6 is 0 Å². The molecule has 2 heterocycles. The molecule has 3 aromatic rings. The molecule has 0 unspecified atom stereocenters. The van der Waals surface area contributed by atoms with Crippen molar-refractivity contribution in [1.29, 1.82) is 0 Å². The predicted molar refractivity (Wildman–Crippen MR) is 109 cm³/mol. The van der Waals surface area contributed by atoms with Crippen LogP contribution in [0.2, 0.25) is 0 Å². The lowest BCUT2D eigenvalue weighted by Gasteiger charge is -2.08. The number of hydrogen-bond donors (Lipinski definition) is 2. The molecule has 152 valence electrons. The van der Waals surface area contributed by atoms with Gasteiger partial charge < -0.3 is 15.4 Å². The van der Waals surface area contributed by atoms with Gasteiger partial charge in [0.1, 0.15) is 11.4 Å². The summed E-state index contributed by atoms with van der Waals surface area (Å²) < 4.78 is 7.88. The zero-order valence-electron chi connectivity index (χ0n) is 16.5. The van der Waals surface area contributed by atoms with Crippen LogP contribution in [0.1, 0.15) is 5.56 Å². The molecule has 9 nitrogen and oxygen atoms in total. The molecule has 9 heteroatoms. The Labute approximate surface area is 168 Å². The molecule has 0 saturated heterocycles. The largest absolute Gasteiger partial charge is 0.497 e. The molecule has 0 saturated carbocycles. The van der Waals surface area contributed by atoms with Gasteiger partial charge in [-0.25, -0.2) is 14.3 Å². The zero-order chi connectivity index (χ0) is 20.6. The average Bonchev–Trinajstić information content (AvgIpc) is 3.03. The highest BCUT2D eigenvalue weighted by Crippen LogP contribution is 2.11. The lowest BCUT2D eigenvalue weighted by atomic mass is 10.1. The topological polar surface area (TPSA) is 103 Å². The van der Waals surface area contributed by atoms with Crippen molar-refractivity contribution in [3.63, 3.8) is 0 Å². The first kappa shape index (κ1) is 20.1. The summed E-state index contributed by atoms with van der Waals surface area (Å²) in [6, 6.07) is 12.8. The number of ether oxygens (including phenoxy) is 1. The summed E-state index contributed by atoms with van der Waals surface area (Å²) in [6.07, 6.45) is 2.36. The molecule has 0 radical (unpaired) electrons. The molecule has 3 rings (SSSR count). The molecule has 2 amide bonds. The molecule has 1 aromatic carbocycles. The Balaban J connectivity index is 1.45. The lowest BCUT2D eigenvalue weighted by molar-refractivity contribution is 0.240. The summed E-state index contributed by atoms with van der Waals surface area (Å²) in [5, 5.41) is 9.85. The number of urea groups is 1. The van der Waals surface area contributed by atoms with Gasteiger partial charge in [-0.3, -0.25) is 9.55 Å². The van der Waals surface area contributed by atoms with Crippen LogP contribution in [0, 0.1) is 0 Å². The molecule has 0 atom stereocenters. The minimum absolute atomic E-state index is 0.257. The minimum atomic E-state index is -0.285. The zero-order valence-corrected chi connectivity index (χ0v) is 16.5. The second kappa shape index (κ2) is 9.54. The lowest BCUT2D eigenvalue weighted by Crippen LogP contribution is -2.39. The maximum Gasteiger partial charge on any atom is 0.346 e.